The molecule has 6 rings (SSSR count). The molecule has 43 heavy (non-hydrogen) atoms. The first-order chi connectivity index (χ1) is 20.3. The first kappa shape index (κ1) is 29.7. The summed E-state index contributed by atoms with van der Waals surface area (Å²) in [6, 6.07) is 16.1. The summed E-state index contributed by atoms with van der Waals surface area (Å²) < 4.78 is 39.0. The predicted octanol–water partition coefficient (Wildman–Crippen LogP) is 8.86. The minimum Gasteiger partial charge on any atom is -0.506 e. The number of piperidine rings is 1. The van der Waals surface area contributed by atoms with Crippen molar-refractivity contribution in [3.8, 4) is 16.3 Å². The first-order valence-corrected chi connectivity index (χ1v) is 15.4. The Kier molecular flexibility index (Phi) is 7.59. The molecule has 0 atom stereocenters. The van der Waals surface area contributed by atoms with E-state index >= 15 is 0 Å². The van der Waals surface area contributed by atoms with Crippen molar-refractivity contribution in [2.24, 2.45) is 5.41 Å². The zero-order valence-electron chi connectivity index (χ0n) is 24.2. The summed E-state index contributed by atoms with van der Waals surface area (Å²) in [5.74, 6) is 0.184. The average Bonchev–Trinajstić information content (AvgIpc) is 3.55. The van der Waals surface area contributed by atoms with Gasteiger partial charge in [0.25, 0.3) is 0 Å². The van der Waals surface area contributed by atoms with Gasteiger partial charge in [-0.1, -0.05) is 68.0 Å². The highest BCUT2D eigenvalue weighted by Gasteiger charge is 2.48. The smallest absolute Gasteiger partial charge is 0.416 e. The number of phenols is 1. The molecule has 0 saturated carbocycles. The summed E-state index contributed by atoms with van der Waals surface area (Å²) in [6.45, 7) is 10.4. The minimum absolute atomic E-state index is 0.184. The second-order valence-electron chi connectivity index (χ2n) is 12.6. The second kappa shape index (κ2) is 11.0. The highest BCUT2D eigenvalue weighted by atomic mass is 35.5. The molecule has 11 heteroatoms. The van der Waals surface area contributed by atoms with Crippen LogP contribution in [0.2, 0.25) is 5.02 Å². The van der Waals surface area contributed by atoms with Gasteiger partial charge < -0.3 is 20.2 Å². The first-order valence-electron chi connectivity index (χ1n) is 14.2. The van der Waals surface area contributed by atoms with Crippen molar-refractivity contribution >= 4 is 45.1 Å². The van der Waals surface area contributed by atoms with Crippen LogP contribution in [0.4, 0.5) is 35.4 Å². The van der Waals surface area contributed by atoms with Crippen molar-refractivity contribution in [1.29, 1.82) is 0 Å². The Balaban J connectivity index is 1.29. The number of hydrogen-bond acceptors (Lipinski definition) is 7. The summed E-state index contributed by atoms with van der Waals surface area (Å²) in [7, 11) is 0. The number of aromatic hydroxyl groups is 1. The number of alkyl halides is 3. The summed E-state index contributed by atoms with van der Waals surface area (Å²) in [4.78, 5) is 4.67. The second-order valence-corrected chi connectivity index (χ2v) is 14.0. The van der Waals surface area contributed by atoms with Gasteiger partial charge in [0.05, 0.1) is 22.6 Å². The van der Waals surface area contributed by atoms with Gasteiger partial charge in [0.2, 0.25) is 5.13 Å². The number of para-hydroxylation sites is 2. The number of phenolic OH excluding ortho intramolecular Hbond substituents is 1. The summed E-state index contributed by atoms with van der Waals surface area (Å²) in [6.07, 6.45) is -2.54. The number of likely N-dealkylation sites (tertiary alicyclic amines) is 1. The maximum atomic E-state index is 13.0. The van der Waals surface area contributed by atoms with Crippen LogP contribution < -0.4 is 10.2 Å². The van der Waals surface area contributed by atoms with Crippen LogP contribution in [0.25, 0.3) is 10.6 Å². The van der Waals surface area contributed by atoms with Gasteiger partial charge in [-0.2, -0.15) is 13.2 Å². The van der Waals surface area contributed by atoms with Crippen molar-refractivity contribution in [3.05, 3.63) is 76.8 Å². The Morgan fingerprint density at radius 3 is 2.35 bits per heavy atom. The van der Waals surface area contributed by atoms with Gasteiger partial charge >= 0.3 is 6.18 Å². The van der Waals surface area contributed by atoms with E-state index in [2.05, 4.69) is 46.1 Å². The van der Waals surface area contributed by atoms with Crippen molar-refractivity contribution in [1.82, 2.24) is 15.1 Å². The predicted molar refractivity (Wildman–Crippen MR) is 167 cm³/mol. The van der Waals surface area contributed by atoms with Crippen molar-refractivity contribution in [2.75, 3.05) is 36.4 Å². The molecular weight excluding hydrogens is 595 g/mol. The Morgan fingerprint density at radius 1 is 0.977 bits per heavy atom. The molecule has 3 heterocycles. The van der Waals surface area contributed by atoms with Crippen LogP contribution in [0.3, 0.4) is 0 Å². The van der Waals surface area contributed by atoms with E-state index in [0.717, 1.165) is 67.2 Å². The van der Waals surface area contributed by atoms with Crippen LogP contribution in [-0.2, 0) is 11.6 Å². The van der Waals surface area contributed by atoms with E-state index in [1.165, 1.54) is 23.5 Å². The fourth-order valence-electron chi connectivity index (χ4n) is 6.34. The number of rotatable bonds is 5. The van der Waals surface area contributed by atoms with Crippen molar-refractivity contribution < 1.29 is 18.3 Å². The highest BCUT2D eigenvalue weighted by Crippen LogP contribution is 2.56. The lowest BCUT2D eigenvalue weighted by Gasteiger charge is -2.42. The topological polar surface area (TPSA) is 64.5 Å². The van der Waals surface area contributed by atoms with E-state index in [4.69, 9.17) is 11.6 Å². The number of aromatic nitrogens is 2. The number of nitrogens with one attached hydrogen (secondary N) is 1. The third-order valence-electron chi connectivity index (χ3n) is 8.20. The average molecular weight is 628 g/mol. The molecule has 0 aliphatic carbocycles. The number of hydrogen-bond donors (Lipinski definition) is 2. The molecule has 2 N–H and O–H groups in total. The van der Waals surface area contributed by atoms with E-state index in [0.29, 0.717) is 27.3 Å². The number of nitrogens with zero attached hydrogens (tertiary/aromatic N) is 4. The molecule has 1 spiro atoms. The van der Waals surface area contributed by atoms with Gasteiger partial charge in [-0.3, -0.25) is 0 Å². The van der Waals surface area contributed by atoms with Crippen LogP contribution in [0.1, 0.15) is 44.7 Å². The van der Waals surface area contributed by atoms with E-state index < -0.39 is 11.7 Å². The molecule has 2 aliphatic heterocycles. The maximum absolute atomic E-state index is 13.0. The molecule has 1 aromatic heterocycles. The van der Waals surface area contributed by atoms with E-state index in [-0.39, 0.29) is 16.6 Å². The van der Waals surface area contributed by atoms with Gasteiger partial charge in [-0.05, 0) is 67.7 Å². The molecule has 0 bridgehead atoms. The molecule has 6 nitrogen and oxygen atoms in total. The van der Waals surface area contributed by atoms with Gasteiger partial charge in [0.1, 0.15) is 10.8 Å². The van der Waals surface area contributed by atoms with Crippen LogP contribution in [0.15, 0.2) is 60.7 Å². The third kappa shape index (κ3) is 5.92. The van der Waals surface area contributed by atoms with E-state index in [1.807, 2.05) is 24.3 Å². The lowest BCUT2D eigenvalue weighted by molar-refractivity contribution is -0.137. The summed E-state index contributed by atoms with van der Waals surface area (Å²) in [5.41, 5.74) is 3.22. The summed E-state index contributed by atoms with van der Waals surface area (Å²) >= 11 is 8.13. The Morgan fingerprint density at radius 2 is 1.67 bits per heavy atom. The highest BCUT2D eigenvalue weighted by molar-refractivity contribution is 7.18. The van der Waals surface area contributed by atoms with Crippen molar-refractivity contribution in [2.45, 2.75) is 45.2 Å². The quantitative estimate of drug-likeness (QED) is 0.230. The van der Waals surface area contributed by atoms with E-state index in [9.17, 15) is 18.3 Å². The van der Waals surface area contributed by atoms with Crippen LogP contribution in [0.5, 0.6) is 5.75 Å². The Hall–Kier alpha value is -3.34. The fourth-order valence-corrected chi connectivity index (χ4v) is 7.45. The molecule has 0 unspecified atom stereocenters. The monoisotopic (exact) mass is 627 g/mol. The summed E-state index contributed by atoms with van der Waals surface area (Å²) in [5, 5.41) is 24.7. The number of anilines is 4. The van der Waals surface area contributed by atoms with E-state index in [1.54, 1.807) is 12.1 Å². The van der Waals surface area contributed by atoms with Crippen LogP contribution in [0, 0.1) is 5.41 Å². The number of halogens is 4. The minimum atomic E-state index is -4.40. The standard InChI is InChI=1S/C32H33ClF3N5OS/c1-30(2,3)18-40-16-14-31(15-17-40)19-41(27-25(42)13-12-22(33)26(27)31)24-7-5-4-6-23(24)37-29-39-38-28(43-29)20-8-10-21(11-9-20)32(34,35)36/h4-13,42H,14-19H2,1-3H3,(H,37,39). The number of benzene rings is 3. The molecule has 0 radical (unpaired) electrons. The Bertz CT molecular complexity index is 1630. The molecule has 226 valence electrons. The lowest BCUT2D eigenvalue weighted by atomic mass is 9.74. The largest absolute Gasteiger partial charge is 0.506 e. The third-order valence-corrected chi connectivity index (χ3v) is 9.40. The van der Waals surface area contributed by atoms with Gasteiger partial charge in [0.15, 0.2) is 0 Å². The molecule has 3 aromatic carbocycles. The van der Waals surface area contributed by atoms with Gasteiger partial charge in [-0.15, -0.1) is 10.2 Å². The molecule has 4 aromatic rings. The molecular formula is C32H33ClF3N5OS. The zero-order valence-corrected chi connectivity index (χ0v) is 25.7. The lowest BCUT2D eigenvalue weighted by Crippen LogP contribution is -2.46. The SMILES string of the molecule is CC(C)(C)CN1CCC2(CC1)CN(c1ccccc1Nc1nnc(-c3ccc(C(F)(F)F)cc3)s1)c1c(O)ccc(Cl)c12. The van der Waals surface area contributed by atoms with Gasteiger partial charge in [0, 0.05) is 34.7 Å². The maximum Gasteiger partial charge on any atom is 0.416 e. The fraction of sp³-hybridized carbons (Fsp3) is 0.375. The van der Waals surface area contributed by atoms with Crippen LogP contribution >= 0.6 is 22.9 Å². The molecule has 1 fully saturated rings. The molecule has 2 aliphatic rings. The zero-order chi connectivity index (χ0) is 30.6. The number of fused-ring (bicyclic) bond motifs is 2. The van der Waals surface area contributed by atoms with Crippen molar-refractivity contribution in [3.63, 3.8) is 0 Å². The molecule has 0 amide bonds. The molecule has 1 saturated heterocycles. The van der Waals surface area contributed by atoms with Crippen LogP contribution in [-0.4, -0.2) is 46.4 Å². The normalized spacial score (nSPS) is 17.0. The van der Waals surface area contributed by atoms with Gasteiger partial charge in [-0.25, -0.2) is 0 Å². The Labute approximate surface area is 258 Å².